The molecule has 0 unspecified atom stereocenters. The minimum Gasteiger partial charge on any atom is -0.334 e. The van der Waals surface area contributed by atoms with Crippen LogP contribution in [-0.4, -0.2) is 32.7 Å². The molecule has 0 aliphatic heterocycles. The average molecular weight is 464 g/mol. The van der Waals surface area contributed by atoms with Crippen LogP contribution in [0.5, 0.6) is 0 Å². The highest BCUT2D eigenvalue weighted by molar-refractivity contribution is 9.10. The number of hydrogen-bond acceptors (Lipinski definition) is 7. The van der Waals surface area contributed by atoms with Gasteiger partial charge in [0.25, 0.3) is 5.95 Å². The zero-order valence-corrected chi connectivity index (χ0v) is 16.7. The molecule has 1 aromatic heterocycles. The molecule has 0 aliphatic carbocycles. The third-order valence-electron chi connectivity index (χ3n) is 3.33. The first-order valence-corrected chi connectivity index (χ1v) is 9.72. The number of amides is 1. The smallest absolute Gasteiger partial charge is 0.264 e. The quantitative estimate of drug-likeness (QED) is 0.215. The summed E-state index contributed by atoms with van der Waals surface area (Å²) in [7, 11) is 0. The summed E-state index contributed by atoms with van der Waals surface area (Å²) in [4.78, 5) is 12.0. The van der Waals surface area contributed by atoms with Crippen LogP contribution in [0.2, 0.25) is 0 Å². The molecule has 1 amide bonds. The summed E-state index contributed by atoms with van der Waals surface area (Å²) in [6.07, 6.45) is 1.61. The van der Waals surface area contributed by atoms with Gasteiger partial charge in [0.15, 0.2) is 0 Å². The molecular weight excluding hydrogens is 449 g/mol. The van der Waals surface area contributed by atoms with E-state index in [1.807, 2.05) is 24.3 Å². The van der Waals surface area contributed by atoms with Crippen LogP contribution >= 0.6 is 27.7 Å². The second-order valence-corrected chi connectivity index (χ2v) is 7.31. The number of aromatic nitrogens is 3. The lowest BCUT2D eigenvalue weighted by Crippen LogP contribution is -2.17. The van der Waals surface area contributed by atoms with E-state index in [9.17, 15) is 9.18 Å². The van der Waals surface area contributed by atoms with Crippen molar-refractivity contribution in [1.82, 2.24) is 14.9 Å². The molecule has 8 nitrogen and oxygen atoms in total. The summed E-state index contributed by atoms with van der Waals surface area (Å²) in [5, 5.41) is 14.8. The van der Waals surface area contributed by atoms with E-state index in [-0.39, 0.29) is 17.6 Å². The van der Waals surface area contributed by atoms with Gasteiger partial charge in [0.05, 0.1) is 12.0 Å². The van der Waals surface area contributed by atoms with Gasteiger partial charge in [-0.2, -0.15) is 5.10 Å². The van der Waals surface area contributed by atoms with Gasteiger partial charge in [-0.15, -0.1) is 10.2 Å². The average Bonchev–Trinajstić information content (AvgIpc) is 3.00. The molecule has 0 saturated heterocycles. The number of rotatable bonds is 7. The summed E-state index contributed by atoms with van der Waals surface area (Å²) in [5.74, 6) is 5.42. The van der Waals surface area contributed by atoms with Crippen molar-refractivity contribution in [3.63, 3.8) is 0 Å². The fraction of sp³-hybridized carbons (Fsp3) is 0.0588. The molecule has 11 heteroatoms. The Morgan fingerprint density at radius 2 is 2.11 bits per heavy atom. The Hall–Kier alpha value is -2.92. The molecule has 2 aromatic carbocycles. The first kappa shape index (κ1) is 19.8. The summed E-state index contributed by atoms with van der Waals surface area (Å²) in [6, 6.07) is 13.2. The van der Waals surface area contributed by atoms with Crippen LogP contribution in [0.4, 0.5) is 16.0 Å². The Morgan fingerprint density at radius 3 is 2.89 bits per heavy atom. The van der Waals surface area contributed by atoms with Crippen molar-refractivity contribution in [1.29, 1.82) is 0 Å². The van der Waals surface area contributed by atoms with Crippen molar-refractivity contribution in [2.75, 3.05) is 22.3 Å². The predicted molar refractivity (Wildman–Crippen MR) is 111 cm³/mol. The lowest BCUT2D eigenvalue weighted by Gasteiger charge is -2.05. The topological polar surface area (TPSA) is 110 Å². The fourth-order valence-electron chi connectivity index (χ4n) is 2.10. The van der Waals surface area contributed by atoms with Gasteiger partial charge in [-0.25, -0.2) is 14.5 Å². The molecular formula is C17H15BrFN7OS. The van der Waals surface area contributed by atoms with Crippen molar-refractivity contribution in [2.45, 2.75) is 5.16 Å². The number of anilines is 2. The maximum Gasteiger partial charge on any atom is 0.264 e. The van der Waals surface area contributed by atoms with Gasteiger partial charge in [-0.05, 0) is 35.9 Å². The number of halogens is 2. The number of hydrazone groups is 1. The standard InChI is InChI=1S/C17H15BrFN7OS/c18-12-4-1-3-11(7-12)9-21-23-16-24-25-17(26(16)20)28-10-15(27)22-14-6-2-5-13(19)8-14/h1-9H,10,20H2,(H,22,27)(H,23,24)/b21-9+. The van der Waals surface area contributed by atoms with Gasteiger partial charge in [0.2, 0.25) is 11.1 Å². The van der Waals surface area contributed by atoms with Gasteiger partial charge in [-0.3, -0.25) is 4.79 Å². The van der Waals surface area contributed by atoms with Crippen molar-refractivity contribution in [2.24, 2.45) is 5.10 Å². The molecule has 144 valence electrons. The number of nitrogen functional groups attached to an aromatic ring is 1. The van der Waals surface area contributed by atoms with E-state index in [2.05, 4.69) is 42.0 Å². The molecule has 0 spiro atoms. The molecule has 4 N–H and O–H groups in total. The van der Waals surface area contributed by atoms with Crippen LogP contribution in [0.1, 0.15) is 5.56 Å². The summed E-state index contributed by atoms with van der Waals surface area (Å²) >= 11 is 4.48. The first-order valence-electron chi connectivity index (χ1n) is 7.94. The van der Waals surface area contributed by atoms with Gasteiger partial charge >= 0.3 is 0 Å². The van der Waals surface area contributed by atoms with E-state index in [0.717, 1.165) is 21.8 Å². The van der Waals surface area contributed by atoms with E-state index in [0.29, 0.717) is 10.8 Å². The Bertz CT molecular complexity index is 1010. The van der Waals surface area contributed by atoms with Crippen molar-refractivity contribution >= 4 is 51.4 Å². The number of carbonyl (C=O) groups excluding carboxylic acids is 1. The lowest BCUT2D eigenvalue weighted by molar-refractivity contribution is -0.113. The minimum atomic E-state index is -0.425. The van der Waals surface area contributed by atoms with Crippen LogP contribution in [0.3, 0.4) is 0 Å². The van der Waals surface area contributed by atoms with Gasteiger partial charge in [0, 0.05) is 10.2 Å². The monoisotopic (exact) mass is 463 g/mol. The van der Waals surface area contributed by atoms with Crippen LogP contribution in [0.15, 0.2) is 63.3 Å². The molecule has 0 saturated carbocycles. The zero-order valence-electron chi connectivity index (χ0n) is 14.3. The second-order valence-electron chi connectivity index (χ2n) is 5.45. The predicted octanol–water partition coefficient (Wildman–Crippen LogP) is 3.07. The second kappa shape index (κ2) is 9.33. The molecule has 3 aromatic rings. The maximum absolute atomic E-state index is 13.1. The summed E-state index contributed by atoms with van der Waals surface area (Å²) < 4.78 is 15.3. The normalized spacial score (nSPS) is 10.9. The summed E-state index contributed by atoms with van der Waals surface area (Å²) in [5.41, 5.74) is 3.96. The van der Waals surface area contributed by atoms with Crippen LogP contribution in [0.25, 0.3) is 0 Å². The number of benzene rings is 2. The van der Waals surface area contributed by atoms with Crippen molar-refractivity contribution < 1.29 is 9.18 Å². The number of hydrogen-bond donors (Lipinski definition) is 3. The van der Waals surface area contributed by atoms with Crippen molar-refractivity contribution in [3.05, 3.63) is 64.4 Å². The number of carbonyl (C=O) groups is 1. The van der Waals surface area contributed by atoms with Crippen molar-refractivity contribution in [3.8, 4) is 0 Å². The highest BCUT2D eigenvalue weighted by Gasteiger charge is 2.12. The molecule has 0 atom stereocenters. The Kier molecular flexibility index (Phi) is 6.61. The molecule has 0 aliphatic rings. The summed E-state index contributed by atoms with van der Waals surface area (Å²) in [6.45, 7) is 0. The molecule has 1 heterocycles. The van der Waals surface area contributed by atoms with E-state index >= 15 is 0 Å². The Labute approximate surface area is 172 Å². The SMILES string of the molecule is Nn1c(N/N=C/c2cccc(Br)c2)nnc1SCC(=O)Nc1cccc(F)c1. The van der Waals surface area contributed by atoms with E-state index in [1.165, 1.54) is 22.9 Å². The molecule has 0 radical (unpaired) electrons. The fourth-order valence-corrected chi connectivity index (χ4v) is 3.17. The highest BCUT2D eigenvalue weighted by atomic mass is 79.9. The number of thioether (sulfide) groups is 1. The molecule has 0 fully saturated rings. The van der Waals surface area contributed by atoms with E-state index in [1.54, 1.807) is 12.3 Å². The maximum atomic E-state index is 13.1. The van der Waals surface area contributed by atoms with Gasteiger partial charge in [0.1, 0.15) is 5.82 Å². The largest absolute Gasteiger partial charge is 0.334 e. The van der Waals surface area contributed by atoms with E-state index < -0.39 is 5.82 Å². The number of nitrogens with two attached hydrogens (primary N) is 1. The third-order valence-corrected chi connectivity index (χ3v) is 4.77. The Morgan fingerprint density at radius 1 is 1.29 bits per heavy atom. The third kappa shape index (κ3) is 5.54. The van der Waals surface area contributed by atoms with Crippen LogP contribution in [0, 0.1) is 5.82 Å². The molecule has 3 rings (SSSR count). The first-order chi connectivity index (χ1) is 13.5. The number of nitrogens with one attached hydrogen (secondary N) is 2. The van der Waals surface area contributed by atoms with Crippen LogP contribution < -0.4 is 16.6 Å². The van der Waals surface area contributed by atoms with Crippen LogP contribution in [-0.2, 0) is 4.79 Å². The lowest BCUT2D eigenvalue weighted by atomic mass is 10.2. The highest BCUT2D eigenvalue weighted by Crippen LogP contribution is 2.17. The number of nitrogens with zero attached hydrogens (tertiary/aromatic N) is 4. The Balaban J connectivity index is 1.53. The van der Waals surface area contributed by atoms with Gasteiger partial charge < -0.3 is 11.2 Å². The zero-order chi connectivity index (χ0) is 19.9. The van der Waals surface area contributed by atoms with Gasteiger partial charge in [-0.1, -0.05) is 45.9 Å². The minimum absolute atomic E-state index is 0.0349. The van der Waals surface area contributed by atoms with E-state index in [4.69, 9.17) is 5.84 Å². The molecule has 28 heavy (non-hydrogen) atoms. The molecule has 0 bridgehead atoms.